The number of nitrogens with one attached hydrogen (secondary N) is 2. The van der Waals surface area contributed by atoms with Crippen molar-refractivity contribution in [3.05, 3.63) is 0 Å². The van der Waals surface area contributed by atoms with Crippen LogP contribution in [-0.2, 0) is 19.1 Å². The first-order chi connectivity index (χ1) is 8.86. The minimum Gasteiger partial charge on any atom is -0.480 e. The fraction of sp³-hybridized carbons (Fsp3) is 0.636. The van der Waals surface area contributed by atoms with E-state index in [-0.39, 0.29) is 31.6 Å². The molecule has 108 valence electrons. The second kappa shape index (κ2) is 8.90. The summed E-state index contributed by atoms with van der Waals surface area (Å²) < 4.78 is 4.30. The first kappa shape index (κ1) is 16.9. The molecular weight excluding hydrogens is 256 g/mol. The Morgan fingerprint density at radius 3 is 2.32 bits per heavy atom. The number of carboxylic acids is 1. The molecule has 8 heteroatoms. The van der Waals surface area contributed by atoms with Gasteiger partial charge in [-0.2, -0.15) is 0 Å². The van der Waals surface area contributed by atoms with Crippen LogP contribution in [0.4, 0.5) is 4.79 Å². The van der Waals surface area contributed by atoms with Gasteiger partial charge >= 0.3 is 12.1 Å². The van der Waals surface area contributed by atoms with Crippen LogP contribution < -0.4 is 10.6 Å². The zero-order valence-electron chi connectivity index (χ0n) is 10.9. The van der Waals surface area contributed by atoms with Crippen LogP contribution in [0, 0.1) is 0 Å². The van der Waals surface area contributed by atoms with Gasteiger partial charge in [-0.3, -0.25) is 4.79 Å². The number of carbonyl (C=O) groups is 4. The normalized spacial score (nSPS) is 11.3. The zero-order valence-corrected chi connectivity index (χ0v) is 10.9. The highest BCUT2D eigenvalue weighted by Gasteiger charge is 2.20. The molecule has 3 N–H and O–H groups in total. The molecule has 1 atom stereocenters. The van der Waals surface area contributed by atoms with Gasteiger partial charge in [-0.15, -0.1) is 0 Å². The average Bonchev–Trinajstić information content (AvgIpc) is 2.33. The monoisotopic (exact) mass is 274 g/mol. The highest BCUT2D eigenvalue weighted by molar-refractivity contribution is 5.84. The molecule has 2 amide bonds. The summed E-state index contributed by atoms with van der Waals surface area (Å²) in [6.45, 7) is 1.39. The van der Waals surface area contributed by atoms with Crippen LogP contribution in [0.15, 0.2) is 0 Å². The quantitative estimate of drug-likeness (QED) is 0.557. The van der Waals surface area contributed by atoms with Gasteiger partial charge in [-0.25, -0.2) is 9.59 Å². The summed E-state index contributed by atoms with van der Waals surface area (Å²) in [7, 11) is 1.19. The molecular formula is C11H18N2O6. The highest BCUT2D eigenvalue weighted by Crippen LogP contribution is 1.99. The summed E-state index contributed by atoms with van der Waals surface area (Å²) in [6, 6.07) is -1.10. The van der Waals surface area contributed by atoms with Crippen LogP contribution in [0.25, 0.3) is 0 Å². The lowest BCUT2D eigenvalue weighted by atomic mass is 10.1. The first-order valence-electron chi connectivity index (χ1n) is 5.70. The standard InChI is InChI=1S/C11H18N2O6/c1-7(14)3-4-8(10(16)17)13-9(15)5-6-12-11(18)19-2/h8H,3-6H2,1-2H3,(H,12,18)(H,13,15)(H,16,17)/t8-/m0/s1. The number of methoxy groups -OCH3 is 1. The van der Waals surface area contributed by atoms with Gasteiger partial charge in [-0.1, -0.05) is 0 Å². The van der Waals surface area contributed by atoms with Crippen molar-refractivity contribution in [2.45, 2.75) is 32.2 Å². The molecule has 0 spiro atoms. The van der Waals surface area contributed by atoms with E-state index in [1.165, 1.54) is 14.0 Å². The van der Waals surface area contributed by atoms with Gasteiger partial charge < -0.3 is 25.3 Å². The van der Waals surface area contributed by atoms with Gasteiger partial charge in [0.25, 0.3) is 0 Å². The Labute approximate surface area is 110 Å². The lowest BCUT2D eigenvalue weighted by molar-refractivity contribution is -0.142. The number of Topliss-reactive ketones (excluding diaryl/α,β-unsaturated/α-hetero) is 1. The lowest BCUT2D eigenvalue weighted by Crippen LogP contribution is -2.42. The number of carbonyl (C=O) groups excluding carboxylic acids is 3. The SMILES string of the molecule is COC(=O)NCCC(=O)N[C@@H](CCC(C)=O)C(=O)O. The minimum absolute atomic E-state index is 0.0392. The van der Waals surface area contributed by atoms with Crippen molar-refractivity contribution in [2.75, 3.05) is 13.7 Å². The third-order valence-corrected chi connectivity index (χ3v) is 2.23. The smallest absolute Gasteiger partial charge is 0.406 e. The molecule has 0 rings (SSSR count). The number of aliphatic carboxylic acids is 1. The third kappa shape index (κ3) is 8.58. The van der Waals surface area contributed by atoms with Crippen molar-refractivity contribution in [1.82, 2.24) is 10.6 Å². The van der Waals surface area contributed by atoms with E-state index in [1.54, 1.807) is 0 Å². The molecule has 0 bridgehead atoms. The Balaban J connectivity index is 4.06. The fourth-order valence-electron chi connectivity index (χ4n) is 1.22. The van der Waals surface area contributed by atoms with Crippen molar-refractivity contribution in [1.29, 1.82) is 0 Å². The average molecular weight is 274 g/mol. The van der Waals surface area contributed by atoms with Crippen molar-refractivity contribution in [3.8, 4) is 0 Å². The largest absolute Gasteiger partial charge is 0.480 e. The van der Waals surface area contributed by atoms with Crippen LogP contribution in [0.3, 0.4) is 0 Å². The van der Waals surface area contributed by atoms with Crippen LogP contribution >= 0.6 is 0 Å². The predicted molar refractivity (Wildman–Crippen MR) is 64.5 cm³/mol. The molecule has 0 saturated heterocycles. The number of ether oxygens (including phenoxy) is 1. The number of ketones is 1. The van der Waals surface area contributed by atoms with Gasteiger partial charge in [0.15, 0.2) is 0 Å². The van der Waals surface area contributed by atoms with Gasteiger partial charge in [-0.05, 0) is 13.3 Å². The molecule has 8 nitrogen and oxygen atoms in total. The lowest BCUT2D eigenvalue weighted by Gasteiger charge is -2.13. The predicted octanol–water partition coefficient (Wildman–Crippen LogP) is -0.329. The van der Waals surface area contributed by atoms with Crippen molar-refractivity contribution < 1.29 is 29.0 Å². The molecule has 0 aliphatic carbocycles. The van der Waals surface area contributed by atoms with Crippen LogP contribution in [-0.4, -0.2) is 48.6 Å². The molecule has 0 fully saturated rings. The van der Waals surface area contributed by atoms with Crippen LogP contribution in [0.2, 0.25) is 0 Å². The molecule has 0 aliphatic rings. The maximum absolute atomic E-state index is 11.4. The summed E-state index contributed by atoms with van der Waals surface area (Å²) >= 11 is 0. The maximum atomic E-state index is 11.4. The summed E-state index contributed by atoms with van der Waals surface area (Å²) in [6.07, 6.45) is -0.614. The second-order valence-corrected chi connectivity index (χ2v) is 3.87. The van der Waals surface area contributed by atoms with Crippen LogP contribution in [0.5, 0.6) is 0 Å². The summed E-state index contributed by atoms with van der Waals surface area (Å²) in [4.78, 5) is 43.8. The van der Waals surface area contributed by atoms with E-state index in [2.05, 4.69) is 15.4 Å². The topological polar surface area (TPSA) is 122 Å². The molecule has 0 aromatic heterocycles. The maximum Gasteiger partial charge on any atom is 0.406 e. The van der Waals surface area contributed by atoms with E-state index >= 15 is 0 Å². The van der Waals surface area contributed by atoms with Crippen molar-refractivity contribution in [2.24, 2.45) is 0 Å². The molecule has 0 unspecified atom stereocenters. The van der Waals surface area contributed by atoms with Crippen molar-refractivity contribution in [3.63, 3.8) is 0 Å². The first-order valence-corrected chi connectivity index (χ1v) is 5.70. The summed E-state index contributed by atoms with van der Waals surface area (Å²) in [5.41, 5.74) is 0. The third-order valence-electron chi connectivity index (χ3n) is 2.23. The van der Waals surface area contributed by atoms with E-state index in [0.717, 1.165) is 0 Å². The Bertz CT molecular complexity index is 355. The number of carboxylic acid groups (broad SMARTS) is 1. The second-order valence-electron chi connectivity index (χ2n) is 3.87. The van der Waals surface area contributed by atoms with Gasteiger partial charge in [0.1, 0.15) is 11.8 Å². The Morgan fingerprint density at radius 1 is 1.21 bits per heavy atom. The number of alkyl carbamates (subject to hydrolysis) is 1. The minimum atomic E-state index is -1.20. The summed E-state index contributed by atoms with van der Waals surface area (Å²) in [5, 5.41) is 13.4. The van der Waals surface area contributed by atoms with Gasteiger partial charge in [0.2, 0.25) is 5.91 Å². The van der Waals surface area contributed by atoms with E-state index in [9.17, 15) is 19.2 Å². The number of amides is 2. The van der Waals surface area contributed by atoms with Gasteiger partial charge in [0, 0.05) is 19.4 Å². The number of rotatable bonds is 8. The molecule has 0 aromatic carbocycles. The summed E-state index contributed by atoms with van der Waals surface area (Å²) in [5.74, 6) is -1.87. The van der Waals surface area contributed by atoms with E-state index < -0.39 is 24.0 Å². The number of hydrogen-bond acceptors (Lipinski definition) is 5. The van der Waals surface area contributed by atoms with E-state index in [0.29, 0.717) is 0 Å². The molecule has 0 radical (unpaired) electrons. The van der Waals surface area contributed by atoms with E-state index in [4.69, 9.17) is 5.11 Å². The Morgan fingerprint density at radius 2 is 1.84 bits per heavy atom. The number of hydrogen-bond donors (Lipinski definition) is 3. The highest BCUT2D eigenvalue weighted by atomic mass is 16.5. The molecule has 0 saturated carbocycles. The molecule has 19 heavy (non-hydrogen) atoms. The van der Waals surface area contributed by atoms with Crippen molar-refractivity contribution >= 4 is 23.8 Å². The Hall–Kier alpha value is -2.12. The van der Waals surface area contributed by atoms with Gasteiger partial charge in [0.05, 0.1) is 7.11 Å². The molecule has 0 aromatic rings. The molecule has 0 heterocycles. The fourth-order valence-corrected chi connectivity index (χ4v) is 1.22. The Kier molecular flexibility index (Phi) is 7.90. The molecule has 0 aliphatic heterocycles. The zero-order chi connectivity index (χ0) is 14.8. The van der Waals surface area contributed by atoms with E-state index in [1.807, 2.05) is 0 Å². The van der Waals surface area contributed by atoms with Crippen LogP contribution in [0.1, 0.15) is 26.2 Å².